The van der Waals surface area contributed by atoms with Crippen molar-refractivity contribution in [2.45, 2.75) is 31.5 Å². The average Bonchev–Trinajstić information content (AvgIpc) is 2.86. The number of urea groups is 1. The maximum atomic E-state index is 12.8. The Kier molecular flexibility index (Phi) is 4.58. The summed E-state index contributed by atoms with van der Waals surface area (Å²) in [6.45, 7) is 0. The number of benzene rings is 1. The van der Waals surface area contributed by atoms with Crippen LogP contribution in [0.1, 0.15) is 24.8 Å². The number of carbonyl (C=O) groups is 2. The van der Waals surface area contributed by atoms with Gasteiger partial charge in [-0.25, -0.2) is 4.79 Å². The van der Waals surface area contributed by atoms with Crippen LogP contribution in [0.5, 0.6) is 0 Å². The topological polar surface area (TPSA) is 84.2 Å². The van der Waals surface area contributed by atoms with Crippen LogP contribution in [0.3, 0.4) is 0 Å². The fraction of sp³-hybridized carbons (Fsp3) is 0.429. The van der Waals surface area contributed by atoms with Gasteiger partial charge in [-0.3, -0.25) is 4.79 Å². The molecule has 1 saturated carbocycles. The summed E-state index contributed by atoms with van der Waals surface area (Å²) in [5, 5.41) is 4.70. The molecular weight excluding hydrogens is 299 g/mol. The molecule has 0 saturated heterocycles. The number of halogens is 3. The third-order valence-electron chi connectivity index (χ3n) is 3.68. The van der Waals surface area contributed by atoms with Crippen LogP contribution in [0.4, 0.5) is 23.7 Å². The van der Waals surface area contributed by atoms with Crippen molar-refractivity contribution in [2.75, 3.05) is 5.32 Å². The summed E-state index contributed by atoms with van der Waals surface area (Å²) < 4.78 is 38.5. The molecule has 3 amide bonds. The van der Waals surface area contributed by atoms with Gasteiger partial charge in [0, 0.05) is 6.04 Å². The summed E-state index contributed by atoms with van der Waals surface area (Å²) in [5.41, 5.74) is 3.98. The number of hydrogen-bond donors (Lipinski definition) is 3. The minimum Gasteiger partial charge on any atom is -0.369 e. The number of amides is 3. The number of hydrogen-bond acceptors (Lipinski definition) is 2. The van der Waals surface area contributed by atoms with Gasteiger partial charge in [-0.1, -0.05) is 18.6 Å². The number of primary amides is 1. The van der Waals surface area contributed by atoms with Crippen LogP contribution in [0.15, 0.2) is 24.3 Å². The fourth-order valence-corrected chi connectivity index (χ4v) is 2.64. The van der Waals surface area contributed by atoms with E-state index in [1.54, 1.807) is 0 Å². The lowest BCUT2D eigenvalue weighted by Crippen LogP contribution is -2.44. The van der Waals surface area contributed by atoms with E-state index in [-0.39, 0.29) is 5.69 Å². The number of nitrogens with one attached hydrogen (secondary N) is 2. The minimum atomic E-state index is -4.56. The van der Waals surface area contributed by atoms with Gasteiger partial charge in [0.2, 0.25) is 5.91 Å². The monoisotopic (exact) mass is 315 g/mol. The van der Waals surface area contributed by atoms with Gasteiger partial charge < -0.3 is 16.4 Å². The molecule has 2 atom stereocenters. The molecular formula is C14H16F3N3O2. The second-order valence-corrected chi connectivity index (χ2v) is 5.19. The van der Waals surface area contributed by atoms with E-state index in [1.165, 1.54) is 18.2 Å². The van der Waals surface area contributed by atoms with Crippen molar-refractivity contribution in [2.24, 2.45) is 11.7 Å². The van der Waals surface area contributed by atoms with E-state index in [1.807, 2.05) is 0 Å². The Morgan fingerprint density at radius 1 is 1.18 bits per heavy atom. The molecule has 0 bridgehead atoms. The summed E-state index contributed by atoms with van der Waals surface area (Å²) in [4.78, 5) is 23.1. The molecule has 4 N–H and O–H groups in total. The van der Waals surface area contributed by atoms with Crippen molar-refractivity contribution >= 4 is 17.6 Å². The first-order valence-corrected chi connectivity index (χ1v) is 6.82. The Bertz CT molecular complexity index is 575. The number of rotatable bonds is 3. The van der Waals surface area contributed by atoms with Gasteiger partial charge in [0.1, 0.15) is 0 Å². The largest absolute Gasteiger partial charge is 0.418 e. The fourth-order valence-electron chi connectivity index (χ4n) is 2.64. The Morgan fingerprint density at radius 3 is 2.50 bits per heavy atom. The molecule has 0 radical (unpaired) electrons. The SMILES string of the molecule is NC(=O)[C@@H]1CCC[C@H]1NC(=O)Nc1ccccc1C(F)(F)F. The van der Waals surface area contributed by atoms with Crippen LogP contribution in [-0.2, 0) is 11.0 Å². The minimum absolute atomic E-state index is 0.332. The lowest BCUT2D eigenvalue weighted by atomic mass is 10.0. The van der Waals surface area contributed by atoms with Crippen LogP contribution >= 0.6 is 0 Å². The maximum absolute atomic E-state index is 12.8. The lowest BCUT2D eigenvalue weighted by Gasteiger charge is -2.19. The van der Waals surface area contributed by atoms with E-state index in [9.17, 15) is 22.8 Å². The second kappa shape index (κ2) is 6.25. The van der Waals surface area contributed by atoms with E-state index in [2.05, 4.69) is 10.6 Å². The van der Waals surface area contributed by atoms with Crippen LogP contribution in [0.2, 0.25) is 0 Å². The molecule has 120 valence electrons. The van der Waals surface area contributed by atoms with Crippen LogP contribution in [0, 0.1) is 5.92 Å². The summed E-state index contributed by atoms with van der Waals surface area (Å²) >= 11 is 0. The molecule has 1 aromatic rings. The molecule has 1 aromatic carbocycles. The van der Waals surface area contributed by atoms with Gasteiger partial charge in [-0.05, 0) is 25.0 Å². The molecule has 2 rings (SSSR count). The number of alkyl halides is 3. The molecule has 0 aromatic heterocycles. The molecule has 5 nitrogen and oxygen atoms in total. The van der Waals surface area contributed by atoms with Gasteiger partial charge >= 0.3 is 12.2 Å². The van der Waals surface area contributed by atoms with Crippen molar-refractivity contribution < 1.29 is 22.8 Å². The zero-order chi connectivity index (χ0) is 16.3. The Balaban J connectivity index is 2.06. The number of para-hydroxylation sites is 1. The Morgan fingerprint density at radius 2 is 1.86 bits per heavy atom. The van der Waals surface area contributed by atoms with Crippen LogP contribution < -0.4 is 16.4 Å². The standard InChI is InChI=1S/C14H16F3N3O2/c15-14(16,17)9-5-1-2-6-11(9)20-13(22)19-10-7-3-4-8(10)12(18)21/h1-2,5-6,8,10H,3-4,7H2,(H2,18,21)(H2,19,20,22)/t8-,10-/m1/s1. The van der Waals surface area contributed by atoms with Gasteiger partial charge in [-0.15, -0.1) is 0 Å². The number of carbonyl (C=O) groups excluding carboxylic acids is 2. The first-order valence-electron chi connectivity index (χ1n) is 6.82. The first kappa shape index (κ1) is 16.1. The predicted octanol–water partition coefficient (Wildman–Crippen LogP) is 2.48. The third-order valence-corrected chi connectivity index (χ3v) is 3.68. The van der Waals surface area contributed by atoms with Crippen LogP contribution in [0.25, 0.3) is 0 Å². The number of anilines is 1. The molecule has 22 heavy (non-hydrogen) atoms. The first-order chi connectivity index (χ1) is 10.3. The highest BCUT2D eigenvalue weighted by molar-refractivity contribution is 5.91. The maximum Gasteiger partial charge on any atom is 0.418 e. The Labute approximate surface area is 125 Å². The van der Waals surface area contributed by atoms with Gasteiger partial charge in [0.05, 0.1) is 17.2 Å². The summed E-state index contributed by atoms with van der Waals surface area (Å²) in [6.07, 6.45) is -2.69. The van der Waals surface area contributed by atoms with Gasteiger partial charge in [0.25, 0.3) is 0 Å². The summed E-state index contributed by atoms with van der Waals surface area (Å²) in [7, 11) is 0. The highest BCUT2D eigenvalue weighted by atomic mass is 19.4. The van der Waals surface area contributed by atoms with Crippen molar-refractivity contribution in [1.29, 1.82) is 0 Å². The van der Waals surface area contributed by atoms with E-state index >= 15 is 0 Å². The normalized spacial score (nSPS) is 21.4. The smallest absolute Gasteiger partial charge is 0.369 e. The quantitative estimate of drug-likeness (QED) is 0.800. The Hall–Kier alpha value is -2.25. The molecule has 0 spiro atoms. The van der Waals surface area contributed by atoms with Gasteiger partial charge in [-0.2, -0.15) is 13.2 Å². The van der Waals surface area contributed by atoms with Crippen molar-refractivity contribution in [3.05, 3.63) is 29.8 Å². The summed E-state index contributed by atoms with van der Waals surface area (Å²) in [5.74, 6) is -0.998. The molecule has 0 heterocycles. The molecule has 1 aliphatic rings. The highest BCUT2D eigenvalue weighted by Crippen LogP contribution is 2.34. The zero-order valence-corrected chi connectivity index (χ0v) is 11.6. The molecule has 8 heteroatoms. The van der Waals surface area contributed by atoms with E-state index in [0.717, 1.165) is 12.5 Å². The van der Waals surface area contributed by atoms with Crippen LogP contribution in [-0.4, -0.2) is 18.0 Å². The van der Waals surface area contributed by atoms with Crippen molar-refractivity contribution in [1.82, 2.24) is 5.32 Å². The van der Waals surface area contributed by atoms with Crippen molar-refractivity contribution in [3.63, 3.8) is 0 Å². The molecule has 0 unspecified atom stereocenters. The van der Waals surface area contributed by atoms with E-state index in [0.29, 0.717) is 12.8 Å². The average molecular weight is 315 g/mol. The predicted molar refractivity (Wildman–Crippen MR) is 73.9 cm³/mol. The summed E-state index contributed by atoms with van der Waals surface area (Å²) in [6, 6.07) is 3.46. The zero-order valence-electron chi connectivity index (χ0n) is 11.6. The van der Waals surface area contributed by atoms with Gasteiger partial charge in [0.15, 0.2) is 0 Å². The van der Waals surface area contributed by atoms with E-state index in [4.69, 9.17) is 5.73 Å². The third kappa shape index (κ3) is 3.69. The molecule has 1 aliphatic carbocycles. The number of nitrogens with two attached hydrogens (primary N) is 1. The lowest BCUT2D eigenvalue weighted by molar-refractivity contribution is -0.136. The highest BCUT2D eigenvalue weighted by Gasteiger charge is 2.35. The molecule has 1 fully saturated rings. The second-order valence-electron chi connectivity index (χ2n) is 5.19. The van der Waals surface area contributed by atoms with Crippen molar-refractivity contribution in [3.8, 4) is 0 Å². The van der Waals surface area contributed by atoms with E-state index < -0.39 is 35.6 Å². The molecule has 0 aliphatic heterocycles.